The predicted octanol–water partition coefficient (Wildman–Crippen LogP) is 14.5. The fourth-order valence-corrected chi connectivity index (χ4v) is 12.1. The zero-order valence-corrected chi connectivity index (χ0v) is 51.3. The number of amides is 2. The number of hydrogen-bond donors (Lipinski definition) is 6. The largest absolute Gasteiger partial charge is 0.495 e. The summed E-state index contributed by atoms with van der Waals surface area (Å²) >= 11 is 28.3. The van der Waals surface area contributed by atoms with Gasteiger partial charge in [-0.05, 0) is 112 Å². The Morgan fingerprint density at radius 1 is 0.605 bits per heavy atom. The van der Waals surface area contributed by atoms with Crippen LogP contribution in [0.3, 0.4) is 0 Å². The highest BCUT2D eigenvalue weighted by molar-refractivity contribution is 6.42. The average molecular weight is 1240 g/mol. The van der Waals surface area contributed by atoms with Crippen molar-refractivity contribution in [1.29, 1.82) is 0 Å². The highest BCUT2D eigenvalue weighted by Gasteiger charge is 2.27. The molecule has 0 spiro atoms. The highest BCUT2D eigenvalue weighted by atomic mass is 35.5. The van der Waals surface area contributed by atoms with E-state index < -0.39 is 0 Å². The van der Waals surface area contributed by atoms with Crippen LogP contribution < -0.4 is 50.8 Å². The molecule has 1 aliphatic carbocycles. The molecule has 1 aliphatic heterocycles. The molecule has 2 aliphatic rings. The lowest BCUT2D eigenvalue weighted by Crippen LogP contribution is -2.38. The van der Waals surface area contributed by atoms with E-state index in [9.17, 15) is 9.59 Å². The molecule has 19 nitrogen and oxygen atoms in total. The lowest BCUT2D eigenvalue weighted by Gasteiger charge is -2.32. The Morgan fingerprint density at radius 2 is 1.03 bits per heavy atom. The number of ether oxygens (including phenoxy) is 4. The number of benzene rings is 4. The maximum absolute atomic E-state index is 12.4. The Hall–Kier alpha value is -8.20. The molecule has 1 saturated carbocycles. The molecular weight excluding hydrogens is 1180 g/mol. The Balaban J connectivity index is 0.854. The van der Waals surface area contributed by atoms with Crippen molar-refractivity contribution in [2.75, 3.05) is 92.6 Å². The number of nitrogens with one attached hydrogen (secondary N) is 6. The molecule has 8 aromatic rings. The number of hydrogen-bond acceptors (Lipinski definition) is 17. The molecule has 1 saturated heterocycles. The molecule has 446 valence electrons. The van der Waals surface area contributed by atoms with E-state index in [1.54, 1.807) is 43.8 Å². The summed E-state index contributed by atoms with van der Waals surface area (Å²) in [6, 6.07) is 18.2. The van der Waals surface area contributed by atoms with Crippen LogP contribution in [0.25, 0.3) is 44.3 Å². The Kier molecular flexibility index (Phi) is 19.4. The topological polar surface area (TPSA) is 224 Å². The summed E-state index contributed by atoms with van der Waals surface area (Å²) in [5.41, 5.74) is 7.08. The van der Waals surface area contributed by atoms with Gasteiger partial charge in [0.1, 0.15) is 40.6 Å². The summed E-state index contributed by atoms with van der Waals surface area (Å²) in [5, 5.41) is 22.1. The van der Waals surface area contributed by atoms with Crippen molar-refractivity contribution in [3.05, 3.63) is 130 Å². The van der Waals surface area contributed by atoms with Crippen molar-refractivity contribution < 1.29 is 28.5 Å². The van der Waals surface area contributed by atoms with E-state index in [2.05, 4.69) is 54.9 Å². The first kappa shape index (κ1) is 60.9. The molecule has 0 radical (unpaired) electrons. The van der Waals surface area contributed by atoms with Crippen LogP contribution in [-0.4, -0.2) is 107 Å². The molecule has 4 aromatic carbocycles. The summed E-state index contributed by atoms with van der Waals surface area (Å²) in [6.07, 6.45) is 12.2. The minimum absolute atomic E-state index is 0.267. The molecular formula is C63H65Cl4N13O6. The minimum atomic E-state index is -0.354. The first-order chi connectivity index (χ1) is 41.7. The predicted molar refractivity (Wildman–Crippen MR) is 345 cm³/mol. The normalized spacial score (nSPS) is 13.7. The van der Waals surface area contributed by atoms with Gasteiger partial charge in [-0.25, -0.2) is 29.9 Å². The molecule has 2 fully saturated rings. The average Bonchev–Trinajstić information content (AvgIpc) is 1.14. The number of anilines is 8. The van der Waals surface area contributed by atoms with E-state index in [0.29, 0.717) is 140 Å². The second-order valence-corrected chi connectivity index (χ2v) is 22.5. The Bertz CT molecular complexity index is 3870. The van der Waals surface area contributed by atoms with Crippen molar-refractivity contribution in [3.63, 3.8) is 0 Å². The SMILES string of the molecule is C=CC(=O)Nc1cccc(C)c1Nc1ncc2cc(-c3c(Cl)c(OC)cc(OC)c3Cl)nc(NCC3CCN(CCOc4cc(OC)c(Cl)c(-c5cc6cnc(Nc7c(C)cccc7NC(=O)C=C)nc6c(NCC6CCCC6)n5)c4Cl)CC3)c2n1. The summed E-state index contributed by atoms with van der Waals surface area (Å²) in [4.78, 5) is 56.7. The van der Waals surface area contributed by atoms with Crippen LogP contribution in [-0.2, 0) is 9.59 Å². The number of para-hydroxylation sites is 2. The Labute approximate surface area is 518 Å². The molecule has 0 unspecified atom stereocenters. The van der Waals surface area contributed by atoms with Crippen LogP contribution in [0.1, 0.15) is 49.7 Å². The van der Waals surface area contributed by atoms with E-state index in [1.165, 1.54) is 39.2 Å². The molecule has 10 rings (SSSR count). The van der Waals surface area contributed by atoms with Gasteiger partial charge < -0.3 is 50.8 Å². The van der Waals surface area contributed by atoms with Crippen LogP contribution in [0.2, 0.25) is 20.1 Å². The molecule has 5 heterocycles. The van der Waals surface area contributed by atoms with Crippen molar-refractivity contribution in [3.8, 4) is 45.5 Å². The lowest BCUT2D eigenvalue weighted by atomic mass is 9.97. The van der Waals surface area contributed by atoms with E-state index in [4.69, 9.17) is 90.3 Å². The van der Waals surface area contributed by atoms with Gasteiger partial charge in [-0.3, -0.25) is 14.5 Å². The standard InChI is InChI=1S/C63H65Cl4N13O6/c1-8-48(81)72-40-18-12-14-34(3)56(40)76-62-71-33-39-27-43(75-60(58(39)78-62)68-30-36-16-10-11-17-36)51-54(66)46(85-7)29-47(55(51)67)86-25-24-80-22-20-37(21-23-80)31-69-61-59-38(26-42(74-61)50-52(64)44(83-5)28-45(84-6)53(50)65)32-70-63(79-59)77-57-35(4)15-13-19-41(57)73-49(82)9-2/h8-9,12-15,18-19,26-29,32-33,36-37H,1-2,10-11,16-17,20-25,30-31H2,3-7H3,(H,68,75)(H,69,74)(H,72,81)(H,73,82)(H,70,77,79)(H,71,76,78). The number of aromatic nitrogens is 6. The number of rotatable bonds is 23. The monoisotopic (exact) mass is 1240 g/mol. The second-order valence-electron chi connectivity index (χ2n) is 21.0. The van der Waals surface area contributed by atoms with Crippen molar-refractivity contribution in [1.82, 2.24) is 34.8 Å². The smallest absolute Gasteiger partial charge is 0.247 e. The molecule has 0 bridgehead atoms. The number of fused-ring (bicyclic) bond motifs is 2. The maximum Gasteiger partial charge on any atom is 0.247 e. The van der Waals surface area contributed by atoms with Crippen LogP contribution in [0, 0.1) is 25.7 Å². The molecule has 4 aromatic heterocycles. The number of methoxy groups -OCH3 is 3. The number of aryl methyl sites for hydroxylation is 2. The number of likely N-dealkylation sites (tertiary alicyclic amines) is 1. The van der Waals surface area contributed by atoms with Gasteiger partial charge in [0.25, 0.3) is 0 Å². The third-order valence-electron chi connectivity index (χ3n) is 15.4. The van der Waals surface area contributed by atoms with E-state index in [-0.39, 0.29) is 43.8 Å². The van der Waals surface area contributed by atoms with Crippen molar-refractivity contribution in [2.45, 2.75) is 52.4 Å². The van der Waals surface area contributed by atoms with Crippen LogP contribution in [0.5, 0.6) is 23.0 Å². The number of carbonyl (C=O) groups excluding carboxylic acids is 2. The molecule has 0 atom stereocenters. The van der Waals surface area contributed by atoms with E-state index in [0.717, 1.165) is 49.9 Å². The fourth-order valence-electron chi connectivity index (χ4n) is 10.7. The molecule has 23 heteroatoms. The van der Waals surface area contributed by atoms with Gasteiger partial charge in [0.05, 0.1) is 75.6 Å². The van der Waals surface area contributed by atoms with Crippen molar-refractivity contribution in [2.24, 2.45) is 11.8 Å². The molecule has 6 N–H and O–H groups in total. The van der Waals surface area contributed by atoms with Gasteiger partial charge >= 0.3 is 0 Å². The Morgan fingerprint density at radius 3 is 1.48 bits per heavy atom. The third-order valence-corrected chi connectivity index (χ3v) is 16.9. The van der Waals surface area contributed by atoms with Gasteiger partial charge in [0.2, 0.25) is 23.7 Å². The first-order valence-electron chi connectivity index (χ1n) is 28.1. The summed E-state index contributed by atoms with van der Waals surface area (Å²) in [5.74, 6) is 3.21. The number of piperidine rings is 1. The first-order valence-corrected chi connectivity index (χ1v) is 29.6. The maximum atomic E-state index is 12.4. The zero-order valence-electron chi connectivity index (χ0n) is 48.2. The summed E-state index contributed by atoms with van der Waals surface area (Å²) in [7, 11) is 4.59. The van der Waals surface area contributed by atoms with Crippen LogP contribution >= 0.6 is 46.4 Å². The van der Waals surface area contributed by atoms with Crippen LogP contribution in [0.15, 0.2) is 98.4 Å². The van der Waals surface area contributed by atoms with Gasteiger partial charge in [0, 0.05) is 66.1 Å². The number of carbonyl (C=O) groups is 2. The minimum Gasteiger partial charge on any atom is -0.495 e. The van der Waals surface area contributed by atoms with E-state index in [1.807, 2.05) is 50.2 Å². The van der Waals surface area contributed by atoms with Crippen molar-refractivity contribution >= 4 is 126 Å². The van der Waals surface area contributed by atoms with Gasteiger partial charge in [0.15, 0.2) is 11.6 Å². The zero-order chi connectivity index (χ0) is 60.6. The quantitative estimate of drug-likeness (QED) is 0.0328. The van der Waals surface area contributed by atoms with E-state index >= 15 is 0 Å². The summed E-state index contributed by atoms with van der Waals surface area (Å²) in [6.45, 7) is 14.9. The van der Waals surface area contributed by atoms with Crippen LogP contribution in [0.4, 0.5) is 46.3 Å². The highest BCUT2D eigenvalue weighted by Crippen LogP contribution is 2.48. The lowest BCUT2D eigenvalue weighted by molar-refractivity contribution is -0.112. The van der Waals surface area contributed by atoms with Gasteiger partial charge in [-0.1, -0.05) is 96.7 Å². The fraction of sp³-hybridized carbons (Fsp3) is 0.302. The van der Waals surface area contributed by atoms with Gasteiger partial charge in [-0.2, -0.15) is 0 Å². The van der Waals surface area contributed by atoms with Gasteiger partial charge in [-0.15, -0.1) is 0 Å². The number of nitrogens with zero attached hydrogens (tertiary/aromatic N) is 7. The second kappa shape index (κ2) is 27.4. The summed E-state index contributed by atoms with van der Waals surface area (Å²) < 4.78 is 23.5. The number of pyridine rings is 2. The molecule has 2 amide bonds. The third kappa shape index (κ3) is 13.6. The molecule has 86 heavy (non-hydrogen) atoms. The number of halogens is 4.